The molecule has 2 aromatic carbocycles. The number of rotatable bonds is 3. The molecule has 0 saturated carbocycles. The van der Waals surface area contributed by atoms with Crippen LogP contribution in [0.1, 0.15) is 6.92 Å². The van der Waals surface area contributed by atoms with E-state index in [4.69, 9.17) is 4.74 Å². The SMILES string of the molecule is CCOc1ccc(N2CCNc3ccccc32)cc1. The highest BCUT2D eigenvalue weighted by atomic mass is 16.5. The molecule has 0 aromatic heterocycles. The van der Waals surface area contributed by atoms with Crippen LogP contribution < -0.4 is 15.0 Å². The third kappa shape index (κ3) is 2.36. The van der Waals surface area contributed by atoms with Crippen molar-refractivity contribution in [3.8, 4) is 5.75 Å². The topological polar surface area (TPSA) is 24.5 Å². The summed E-state index contributed by atoms with van der Waals surface area (Å²) in [6.45, 7) is 4.64. The Hall–Kier alpha value is -2.16. The molecular formula is C16H18N2O. The fourth-order valence-electron chi connectivity index (χ4n) is 2.44. The Morgan fingerprint density at radius 2 is 1.89 bits per heavy atom. The van der Waals surface area contributed by atoms with Gasteiger partial charge in [-0.2, -0.15) is 0 Å². The number of ether oxygens (including phenoxy) is 1. The van der Waals surface area contributed by atoms with Crippen molar-refractivity contribution < 1.29 is 4.74 Å². The smallest absolute Gasteiger partial charge is 0.119 e. The van der Waals surface area contributed by atoms with Gasteiger partial charge in [0.1, 0.15) is 5.75 Å². The van der Waals surface area contributed by atoms with Gasteiger partial charge in [-0.3, -0.25) is 0 Å². The van der Waals surface area contributed by atoms with E-state index in [0.29, 0.717) is 6.61 Å². The zero-order valence-corrected chi connectivity index (χ0v) is 11.1. The molecule has 0 atom stereocenters. The summed E-state index contributed by atoms with van der Waals surface area (Å²) in [6.07, 6.45) is 0. The normalized spacial score (nSPS) is 13.6. The highest BCUT2D eigenvalue weighted by Gasteiger charge is 2.16. The number of fused-ring (bicyclic) bond motifs is 1. The predicted molar refractivity (Wildman–Crippen MR) is 79.5 cm³/mol. The molecule has 3 heteroatoms. The molecule has 0 spiro atoms. The van der Waals surface area contributed by atoms with Crippen molar-refractivity contribution in [1.82, 2.24) is 0 Å². The Morgan fingerprint density at radius 3 is 2.68 bits per heavy atom. The van der Waals surface area contributed by atoms with Gasteiger partial charge in [-0.25, -0.2) is 0 Å². The molecule has 1 aliphatic rings. The van der Waals surface area contributed by atoms with Crippen molar-refractivity contribution in [2.24, 2.45) is 0 Å². The van der Waals surface area contributed by atoms with Crippen LogP contribution in [0.4, 0.5) is 17.1 Å². The molecule has 3 nitrogen and oxygen atoms in total. The fraction of sp³-hybridized carbons (Fsp3) is 0.250. The quantitative estimate of drug-likeness (QED) is 0.904. The van der Waals surface area contributed by atoms with Gasteiger partial charge >= 0.3 is 0 Å². The second-order valence-corrected chi connectivity index (χ2v) is 4.52. The first-order valence-electron chi connectivity index (χ1n) is 6.72. The molecule has 0 saturated heterocycles. The van der Waals surface area contributed by atoms with Crippen LogP contribution in [0.3, 0.4) is 0 Å². The average Bonchev–Trinajstić information content (AvgIpc) is 2.48. The summed E-state index contributed by atoms with van der Waals surface area (Å²) < 4.78 is 5.49. The summed E-state index contributed by atoms with van der Waals surface area (Å²) >= 11 is 0. The summed E-state index contributed by atoms with van der Waals surface area (Å²) in [7, 11) is 0. The lowest BCUT2D eigenvalue weighted by Crippen LogP contribution is -2.29. The van der Waals surface area contributed by atoms with Crippen LogP contribution in [0.25, 0.3) is 0 Å². The highest BCUT2D eigenvalue weighted by molar-refractivity contribution is 5.78. The zero-order chi connectivity index (χ0) is 13.1. The molecule has 1 heterocycles. The number of para-hydroxylation sites is 2. The maximum absolute atomic E-state index is 5.49. The lowest BCUT2D eigenvalue weighted by molar-refractivity contribution is 0.340. The molecule has 1 aliphatic heterocycles. The number of hydrogen-bond acceptors (Lipinski definition) is 3. The monoisotopic (exact) mass is 254 g/mol. The third-order valence-electron chi connectivity index (χ3n) is 3.31. The summed E-state index contributed by atoms with van der Waals surface area (Å²) in [5.74, 6) is 0.926. The number of anilines is 3. The molecule has 0 radical (unpaired) electrons. The molecule has 0 bridgehead atoms. The van der Waals surface area contributed by atoms with E-state index in [2.05, 4.69) is 46.6 Å². The Kier molecular flexibility index (Phi) is 3.27. The number of hydrogen-bond donors (Lipinski definition) is 1. The summed E-state index contributed by atoms with van der Waals surface area (Å²) in [5.41, 5.74) is 3.64. The van der Waals surface area contributed by atoms with Gasteiger partial charge in [-0.05, 0) is 43.3 Å². The van der Waals surface area contributed by atoms with Crippen LogP contribution in [-0.4, -0.2) is 19.7 Å². The molecule has 0 fully saturated rings. The van der Waals surface area contributed by atoms with Gasteiger partial charge in [0.15, 0.2) is 0 Å². The van der Waals surface area contributed by atoms with Crippen molar-refractivity contribution >= 4 is 17.1 Å². The van der Waals surface area contributed by atoms with Crippen LogP contribution >= 0.6 is 0 Å². The molecule has 0 unspecified atom stereocenters. The maximum atomic E-state index is 5.49. The Bertz CT molecular complexity index is 551. The fourth-order valence-corrected chi connectivity index (χ4v) is 2.44. The minimum absolute atomic E-state index is 0.704. The Morgan fingerprint density at radius 1 is 1.11 bits per heavy atom. The van der Waals surface area contributed by atoms with E-state index in [1.54, 1.807) is 0 Å². The lowest BCUT2D eigenvalue weighted by Gasteiger charge is -2.32. The summed E-state index contributed by atoms with van der Waals surface area (Å²) in [5, 5.41) is 3.43. The predicted octanol–water partition coefficient (Wildman–Crippen LogP) is 3.65. The van der Waals surface area contributed by atoms with Gasteiger partial charge < -0.3 is 15.0 Å². The molecule has 3 rings (SSSR count). The number of benzene rings is 2. The zero-order valence-electron chi connectivity index (χ0n) is 11.1. The van der Waals surface area contributed by atoms with Gasteiger partial charge in [0.25, 0.3) is 0 Å². The largest absolute Gasteiger partial charge is 0.494 e. The van der Waals surface area contributed by atoms with Gasteiger partial charge in [0, 0.05) is 18.8 Å². The second-order valence-electron chi connectivity index (χ2n) is 4.52. The highest BCUT2D eigenvalue weighted by Crippen LogP contribution is 2.34. The van der Waals surface area contributed by atoms with Gasteiger partial charge in [-0.15, -0.1) is 0 Å². The van der Waals surface area contributed by atoms with Gasteiger partial charge in [-0.1, -0.05) is 12.1 Å². The van der Waals surface area contributed by atoms with Crippen molar-refractivity contribution in [1.29, 1.82) is 0 Å². The third-order valence-corrected chi connectivity index (χ3v) is 3.31. The van der Waals surface area contributed by atoms with E-state index >= 15 is 0 Å². The molecule has 0 amide bonds. The lowest BCUT2D eigenvalue weighted by atomic mass is 10.1. The first-order valence-corrected chi connectivity index (χ1v) is 6.72. The Balaban J connectivity index is 1.90. The Labute approximate surface area is 113 Å². The molecule has 2 aromatic rings. The van der Waals surface area contributed by atoms with E-state index in [9.17, 15) is 0 Å². The van der Waals surface area contributed by atoms with E-state index in [1.165, 1.54) is 17.1 Å². The molecular weight excluding hydrogens is 236 g/mol. The first-order chi connectivity index (χ1) is 9.38. The van der Waals surface area contributed by atoms with Crippen LogP contribution in [0.2, 0.25) is 0 Å². The molecule has 1 N–H and O–H groups in total. The van der Waals surface area contributed by atoms with Crippen LogP contribution in [0.5, 0.6) is 5.75 Å². The number of nitrogens with zero attached hydrogens (tertiary/aromatic N) is 1. The van der Waals surface area contributed by atoms with Gasteiger partial charge in [0.2, 0.25) is 0 Å². The van der Waals surface area contributed by atoms with Crippen LogP contribution in [0.15, 0.2) is 48.5 Å². The van der Waals surface area contributed by atoms with E-state index in [1.807, 2.05) is 19.1 Å². The molecule has 98 valence electrons. The van der Waals surface area contributed by atoms with Crippen molar-refractivity contribution in [3.05, 3.63) is 48.5 Å². The second kappa shape index (κ2) is 5.22. The molecule has 0 aliphatic carbocycles. The van der Waals surface area contributed by atoms with Crippen LogP contribution in [-0.2, 0) is 0 Å². The minimum atomic E-state index is 0.704. The van der Waals surface area contributed by atoms with E-state index in [-0.39, 0.29) is 0 Å². The molecule has 19 heavy (non-hydrogen) atoms. The van der Waals surface area contributed by atoms with Crippen molar-refractivity contribution in [2.75, 3.05) is 29.9 Å². The average molecular weight is 254 g/mol. The summed E-state index contributed by atoms with van der Waals surface area (Å²) in [6, 6.07) is 16.7. The maximum Gasteiger partial charge on any atom is 0.119 e. The standard InChI is InChI=1S/C16H18N2O/c1-2-19-14-9-7-13(8-10-14)18-12-11-17-15-5-3-4-6-16(15)18/h3-10,17H,2,11-12H2,1H3. The summed E-state index contributed by atoms with van der Waals surface area (Å²) in [4.78, 5) is 2.33. The van der Waals surface area contributed by atoms with Gasteiger partial charge in [0.05, 0.1) is 18.0 Å². The first kappa shape index (κ1) is 11.9. The van der Waals surface area contributed by atoms with Crippen molar-refractivity contribution in [3.63, 3.8) is 0 Å². The number of nitrogens with one attached hydrogen (secondary N) is 1. The van der Waals surface area contributed by atoms with Crippen LogP contribution in [0, 0.1) is 0 Å². The van der Waals surface area contributed by atoms with E-state index in [0.717, 1.165) is 18.8 Å². The minimum Gasteiger partial charge on any atom is -0.494 e. The van der Waals surface area contributed by atoms with Crippen molar-refractivity contribution in [2.45, 2.75) is 6.92 Å². The van der Waals surface area contributed by atoms with E-state index < -0.39 is 0 Å².